The van der Waals surface area contributed by atoms with Crippen molar-refractivity contribution in [2.24, 2.45) is 0 Å². The van der Waals surface area contributed by atoms with E-state index in [0.717, 1.165) is 18.2 Å². The summed E-state index contributed by atoms with van der Waals surface area (Å²) in [6.07, 6.45) is -3.43. The van der Waals surface area contributed by atoms with E-state index in [1.54, 1.807) is 19.1 Å². The van der Waals surface area contributed by atoms with Crippen LogP contribution in [0.5, 0.6) is 0 Å². The van der Waals surface area contributed by atoms with Crippen molar-refractivity contribution in [2.75, 3.05) is 0 Å². The molecule has 0 aliphatic rings. The summed E-state index contributed by atoms with van der Waals surface area (Å²) in [5, 5.41) is 9.80. The molecular formula is C24H19Cl2F3N2O2S. The lowest BCUT2D eigenvalue weighted by atomic mass is 10.1. The molecule has 0 unspecified atom stereocenters. The first-order valence-corrected chi connectivity index (χ1v) is 12.2. The predicted octanol–water partition coefficient (Wildman–Crippen LogP) is 7.57. The fraction of sp³-hybridized carbons (Fsp3) is 0.208. The third-order valence-corrected chi connectivity index (χ3v) is 7.65. The van der Waals surface area contributed by atoms with Crippen LogP contribution >= 0.6 is 23.2 Å². The van der Waals surface area contributed by atoms with Crippen molar-refractivity contribution in [2.45, 2.75) is 37.8 Å². The monoisotopic (exact) mass is 526 g/mol. The standard InChI is InChI=1S/C24H19Cl2F3N2O2S/c1-14(2)23-11-16(15(3)31(23)22-7-5-4-6-19(22)24(27,28)29)10-18(13-30)34(32,33)17-8-9-20(25)21(26)12-17/h4-12,14H,1-3H3/b18-10+. The third kappa shape index (κ3) is 4.88. The van der Waals surface area contributed by atoms with Crippen LogP contribution in [0.25, 0.3) is 11.8 Å². The number of benzene rings is 2. The molecule has 178 valence electrons. The zero-order chi connectivity index (χ0) is 25.4. The number of rotatable bonds is 5. The van der Waals surface area contributed by atoms with Gasteiger partial charge in [-0.1, -0.05) is 49.2 Å². The zero-order valence-electron chi connectivity index (χ0n) is 18.3. The maximum absolute atomic E-state index is 13.7. The largest absolute Gasteiger partial charge is 0.418 e. The Labute approximate surface area is 205 Å². The van der Waals surface area contributed by atoms with Gasteiger partial charge < -0.3 is 4.57 Å². The van der Waals surface area contributed by atoms with Crippen LogP contribution in [0.2, 0.25) is 10.0 Å². The summed E-state index contributed by atoms with van der Waals surface area (Å²) < 4.78 is 68.7. The third-order valence-electron chi connectivity index (χ3n) is 5.24. The van der Waals surface area contributed by atoms with Gasteiger partial charge in [0.25, 0.3) is 0 Å². The van der Waals surface area contributed by atoms with Crippen LogP contribution < -0.4 is 0 Å². The maximum Gasteiger partial charge on any atom is 0.418 e. The van der Waals surface area contributed by atoms with Gasteiger partial charge in [-0.2, -0.15) is 18.4 Å². The molecule has 4 nitrogen and oxygen atoms in total. The number of para-hydroxylation sites is 1. The maximum atomic E-state index is 13.7. The molecule has 0 N–H and O–H groups in total. The molecule has 0 radical (unpaired) electrons. The Balaban J connectivity index is 2.25. The number of sulfone groups is 1. The van der Waals surface area contributed by atoms with E-state index in [1.807, 2.05) is 13.8 Å². The van der Waals surface area contributed by atoms with Crippen LogP contribution in [0.4, 0.5) is 13.2 Å². The Morgan fingerprint density at radius 1 is 1.09 bits per heavy atom. The summed E-state index contributed by atoms with van der Waals surface area (Å²) in [7, 11) is -4.26. The summed E-state index contributed by atoms with van der Waals surface area (Å²) >= 11 is 11.8. The van der Waals surface area contributed by atoms with Gasteiger partial charge >= 0.3 is 6.18 Å². The highest BCUT2D eigenvalue weighted by Crippen LogP contribution is 2.37. The topological polar surface area (TPSA) is 62.9 Å². The smallest absolute Gasteiger partial charge is 0.317 e. The zero-order valence-corrected chi connectivity index (χ0v) is 20.6. The van der Waals surface area contributed by atoms with Gasteiger partial charge in [-0.15, -0.1) is 0 Å². The number of allylic oxidation sites excluding steroid dienone is 1. The molecule has 3 rings (SSSR count). The Morgan fingerprint density at radius 2 is 1.74 bits per heavy atom. The second kappa shape index (κ2) is 9.49. The highest BCUT2D eigenvalue weighted by atomic mass is 35.5. The summed E-state index contributed by atoms with van der Waals surface area (Å²) in [5.41, 5.74) is 0.291. The Bertz CT molecular complexity index is 1430. The summed E-state index contributed by atoms with van der Waals surface area (Å²) in [4.78, 5) is -0.802. The average molecular weight is 527 g/mol. The molecule has 0 aliphatic heterocycles. The summed E-state index contributed by atoms with van der Waals surface area (Å²) in [5.74, 6) is -0.195. The molecular weight excluding hydrogens is 508 g/mol. The first kappa shape index (κ1) is 25.9. The van der Waals surface area contributed by atoms with Crippen molar-refractivity contribution in [1.29, 1.82) is 5.26 Å². The van der Waals surface area contributed by atoms with Gasteiger partial charge in [-0.25, -0.2) is 8.42 Å². The van der Waals surface area contributed by atoms with Crippen molar-refractivity contribution in [3.8, 4) is 11.8 Å². The van der Waals surface area contributed by atoms with Crippen LogP contribution in [0.3, 0.4) is 0 Å². The van der Waals surface area contributed by atoms with Crippen molar-refractivity contribution in [3.05, 3.63) is 86.0 Å². The van der Waals surface area contributed by atoms with E-state index < -0.39 is 26.5 Å². The number of hydrogen-bond donors (Lipinski definition) is 0. The normalized spacial score (nSPS) is 12.8. The number of nitrogens with zero attached hydrogens (tertiary/aromatic N) is 2. The fourth-order valence-electron chi connectivity index (χ4n) is 3.53. The number of nitriles is 1. The van der Waals surface area contributed by atoms with Gasteiger partial charge in [-0.3, -0.25) is 0 Å². The quantitative estimate of drug-likeness (QED) is 0.322. The number of alkyl halides is 3. The Hall–Kier alpha value is -2.73. The van der Waals surface area contributed by atoms with Crippen molar-refractivity contribution < 1.29 is 21.6 Å². The van der Waals surface area contributed by atoms with E-state index in [2.05, 4.69) is 0 Å². The molecule has 0 amide bonds. The molecule has 0 atom stereocenters. The molecule has 0 saturated heterocycles. The Morgan fingerprint density at radius 3 is 2.29 bits per heavy atom. The second-order valence-corrected chi connectivity index (χ2v) is 10.5. The lowest BCUT2D eigenvalue weighted by Gasteiger charge is -2.19. The molecule has 1 heterocycles. The van der Waals surface area contributed by atoms with Crippen LogP contribution in [0.15, 0.2) is 58.3 Å². The molecule has 0 aliphatic carbocycles. The SMILES string of the molecule is Cc1c(/C=C(\C#N)S(=O)(=O)c2ccc(Cl)c(Cl)c2)cc(C(C)C)n1-c1ccccc1C(F)(F)F. The first-order valence-electron chi connectivity index (χ1n) is 9.99. The minimum atomic E-state index is -4.59. The van der Waals surface area contributed by atoms with Crippen LogP contribution in [-0.2, 0) is 16.0 Å². The lowest BCUT2D eigenvalue weighted by molar-refractivity contribution is -0.137. The highest BCUT2D eigenvalue weighted by Gasteiger charge is 2.34. The molecule has 10 heteroatoms. The minimum absolute atomic E-state index is 0.00761. The Kier molecular flexibility index (Phi) is 7.23. The van der Waals surface area contributed by atoms with Crippen LogP contribution in [-0.4, -0.2) is 13.0 Å². The molecule has 2 aromatic carbocycles. The van der Waals surface area contributed by atoms with E-state index in [4.69, 9.17) is 23.2 Å². The van der Waals surface area contributed by atoms with E-state index >= 15 is 0 Å². The molecule has 0 spiro atoms. The molecule has 34 heavy (non-hydrogen) atoms. The molecule has 0 saturated carbocycles. The number of hydrogen-bond acceptors (Lipinski definition) is 3. The second-order valence-electron chi connectivity index (χ2n) is 7.81. The van der Waals surface area contributed by atoms with Gasteiger partial charge in [0, 0.05) is 11.4 Å². The van der Waals surface area contributed by atoms with E-state index in [9.17, 15) is 26.9 Å². The number of aromatic nitrogens is 1. The number of halogens is 5. The van der Waals surface area contributed by atoms with Gasteiger partial charge in [0.15, 0.2) is 0 Å². The minimum Gasteiger partial charge on any atom is -0.317 e. The first-order chi connectivity index (χ1) is 15.8. The van der Waals surface area contributed by atoms with Gasteiger partial charge in [-0.05, 0) is 60.9 Å². The fourth-order valence-corrected chi connectivity index (χ4v) is 5.07. The lowest BCUT2D eigenvalue weighted by Crippen LogP contribution is -2.13. The van der Waals surface area contributed by atoms with Crippen LogP contribution in [0.1, 0.15) is 42.3 Å². The van der Waals surface area contributed by atoms with Gasteiger partial charge in [0.05, 0.1) is 26.2 Å². The van der Waals surface area contributed by atoms with Crippen molar-refractivity contribution >= 4 is 39.1 Å². The van der Waals surface area contributed by atoms with Crippen molar-refractivity contribution in [3.63, 3.8) is 0 Å². The van der Waals surface area contributed by atoms with Gasteiger partial charge in [0.2, 0.25) is 9.84 Å². The predicted molar refractivity (Wildman–Crippen MR) is 127 cm³/mol. The van der Waals surface area contributed by atoms with E-state index in [1.165, 1.54) is 34.9 Å². The van der Waals surface area contributed by atoms with Crippen molar-refractivity contribution in [1.82, 2.24) is 4.57 Å². The molecule has 0 bridgehead atoms. The van der Waals surface area contributed by atoms with Gasteiger partial charge in [0.1, 0.15) is 11.0 Å². The van der Waals surface area contributed by atoms with E-state index in [-0.39, 0.29) is 26.5 Å². The molecule has 0 fully saturated rings. The molecule has 3 aromatic rings. The van der Waals surface area contributed by atoms with E-state index in [0.29, 0.717) is 17.0 Å². The molecule has 1 aromatic heterocycles. The average Bonchev–Trinajstić information content (AvgIpc) is 3.09. The summed E-state index contributed by atoms with van der Waals surface area (Å²) in [6, 6.07) is 12.1. The summed E-state index contributed by atoms with van der Waals surface area (Å²) in [6.45, 7) is 5.20. The highest BCUT2D eigenvalue weighted by molar-refractivity contribution is 7.95. The van der Waals surface area contributed by atoms with Crippen LogP contribution in [0, 0.1) is 18.3 Å².